The highest BCUT2D eigenvalue weighted by molar-refractivity contribution is 6.33. The van der Waals surface area contributed by atoms with E-state index in [4.69, 9.17) is 16.3 Å². The van der Waals surface area contributed by atoms with Crippen molar-refractivity contribution >= 4 is 17.3 Å². The Morgan fingerprint density at radius 2 is 1.81 bits per heavy atom. The van der Waals surface area contributed by atoms with Crippen molar-refractivity contribution in [3.63, 3.8) is 0 Å². The van der Waals surface area contributed by atoms with Gasteiger partial charge in [0, 0.05) is 6.07 Å². The molecule has 0 saturated carbocycles. The summed E-state index contributed by atoms with van der Waals surface area (Å²) < 4.78 is 5.26. The first kappa shape index (κ1) is 15.7. The Bertz CT molecular complexity index is 580. The minimum Gasteiger partial charge on any atom is -0.497 e. The van der Waals surface area contributed by atoms with Crippen LogP contribution in [0.15, 0.2) is 42.5 Å². The van der Waals surface area contributed by atoms with Gasteiger partial charge in [-0.05, 0) is 36.1 Å². The molecule has 3 heteroatoms. The van der Waals surface area contributed by atoms with Gasteiger partial charge in [0.15, 0.2) is 0 Å². The number of hydrogen-bond acceptors (Lipinski definition) is 2. The van der Waals surface area contributed by atoms with Crippen molar-refractivity contribution in [2.75, 3.05) is 12.4 Å². The van der Waals surface area contributed by atoms with Gasteiger partial charge in [0.05, 0.1) is 23.9 Å². The molecule has 0 aliphatic carbocycles. The highest BCUT2D eigenvalue weighted by atomic mass is 35.5. The van der Waals surface area contributed by atoms with Crippen molar-refractivity contribution < 1.29 is 4.74 Å². The Morgan fingerprint density at radius 1 is 1.10 bits per heavy atom. The molecule has 21 heavy (non-hydrogen) atoms. The molecule has 2 nitrogen and oxygen atoms in total. The van der Waals surface area contributed by atoms with Crippen LogP contribution in [0.3, 0.4) is 0 Å². The second kappa shape index (κ2) is 7.37. The van der Waals surface area contributed by atoms with Crippen molar-refractivity contribution in [1.82, 2.24) is 0 Å². The minimum absolute atomic E-state index is 0.237. The number of benzene rings is 2. The Kier molecular flexibility index (Phi) is 5.51. The fraction of sp³-hybridized carbons (Fsp3) is 0.333. The fourth-order valence-corrected chi connectivity index (χ4v) is 2.51. The topological polar surface area (TPSA) is 21.3 Å². The average molecular weight is 304 g/mol. The Labute approximate surface area is 132 Å². The molecule has 112 valence electrons. The fourth-order valence-electron chi connectivity index (χ4n) is 2.34. The Hall–Kier alpha value is -1.67. The van der Waals surface area contributed by atoms with Crippen molar-refractivity contribution in [3.8, 4) is 5.75 Å². The summed E-state index contributed by atoms with van der Waals surface area (Å²) in [7, 11) is 1.66. The number of aryl methyl sites for hydroxylation is 1. The van der Waals surface area contributed by atoms with Crippen LogP contribution in [-0.4, -0.2) is 7.11 Å². The number of hydrogen-bond donors (Lipinski definition) is 1. The van der Waals surface area contributed by atoms with E-state index in [1.54, 1.807) is 7.11 Å². The van der Waals surface area contributed by atoms with Gasteiger partial charge in [-0.2, -0.15) is 0 Å². The molecule has 0 radical (unpaired) electrons. The molecule has 0 bridgehead atoms. The van der Waals surface area contributed by atoms with Gasteiger partial charge in [0.1, 0.15) is 5.75 Å². The van der Waals surface area contributed by atoms with E-state index in [0.717, 1.165) is 24.3 Å². The average Bonchev–Trinajstić information content (AvgIpc) is 2.54. The molecule has 0 heterocycles. The summed E-state index contributed by atoms with van der Waals surface area (Å²) in [5.74, 6) is 0.804. The maximum Gasteiger partial charge on any atom is 0.121 e. The van der Waals surface area contributed by atoms with E-state index < -0.39 is 0 Å². The molecule has 0 aromatic heterocycles. The van der Waals surface area contributed by atoms with Gasteiger partial charge in [0.25, 0.3) is 0 Å². The first-order valence-corrected chi connectivity index (χ1v) is 7.74. The van der Waals surface area contributed by atoms with Gasteiger partial charge in [-0.1, -0.05) is 49.7 Å². The van der Waals surface area contributed by atoms with Crippen LogP contribution in [-0.2, 0) is 6.42 Å². The quantitative estimate of drug-likeness (QED) is 0.763. The SMILES string of the molecule is CCc1ccc(C(CC)Nc2cc(OC)ccc2Cl)cc1. The highest BCUT2D eigenvalue weighted by Crippen LogP contribution is 2.31. The predicted molar refractivity (Wildman–Crippen MR) is 90.5 cm³/mol. The lowest BCUT2D eigenvalue weighted by molar-refractivity contribution is 0.415. The molecule has 2 aromatic carbocycles. The number of halogens is 1. The first-order valence-electron chi connectivity index (χ1n) is 7.36. The molecule has 0 aliphatic rings. The van der Waals surface area contributed by atoms with Crippen molar-refractivity contribution in [2.45, 2.75) is 32.7 Å². The molecule has 2 rings (SSSR count). The minimum atomic E-state index is 0.237. The lowest BCUT2D eigenvalue weighted by atomic mass is 10.0. The molecule has 0 spiro atoms. The smallest absolute Gasteiger partial charge is 0.121 e. The zero-order valence-corrected chi connectivity index (χ0v) is 13.6. The van der Waals surface area contributed by atoms with E-state index in [2.05, 4.69) is 43.4 Å². The van der Waals surface area contributed by atoms with Crippen molar-refractivity contribution in [1.29, 1.82) is 0 Å². The highest BCUT2D eigenvalue weighted by Gasteiger charge is 2.11. The van der Waals surface area contributed by atoms with Crippen LogP contribution < -0.4 is 10.1 Å². The summed E-state index contributed by atoms with van der Waals surface area (Å²) >= 11 is 6.27. The van der Waals surface area contributed by atoms with Crippen LogP contribution in [0.4, 0.5) is 5.69 Å². The third-order valence-electron chi connectivity index (χ3n) is 3.70. The lowest BCUT2D eigenvalue weighted by Crippen LogP contribution is -2.10. The van der Waals surface area contributed by atoms with Crippen molar-refractivity contribution in [2.24, 2.45) is 0 Å². The van der Waals surface area contributed by atoms with Gasteiger partial charge in [-0.3, -0.25) is 0 Å². The summed E-state index contributed by atoms with van der Waals surface area (Å²) in [6.07, 6.45) is 2.05. The van der Waals surface area contributed by atoms with Crippen LogP contribution in [0, 0.1) is 0 Å². The number of nitrogens with one attached hydrogen (secondary N) is 1. The molecule has 1 N–H and O–H groups in total. The van der Waals surface area contributed by atoms with Crippen molar-refractivity contribution in [3.05, 3.63) is 58.6 Å². The van der Waals surface area contributed by atoms with E-state index in [1.807, 2.05) is 18.2 Å². The molecular weight excluding hydrogens is 282 g/mol. The van der Waals surface area contributed by atoms with Crippen LogP contribution in [0.1, 0.15) is 37.4 Å². The maximum atomic E-state index is 6.27. The van der Waals surface area contributed by atoms with E-state index in [-0.39, 0.29) is 6.04 Å². The summed E-state index contributed by atoms with van der Waals surface area (Å²) in [5, 5.41) is 4.22. The van der Waals surface area contributed by atoms with Gasteiger partial charge in [-0.15, -0.1) is 0 Å². The molecule has 0 amide bonds. The second-order valence-corrected chi connectivity index (χ2v) is 5.45. The molecule has 0 fully saturated rings. The Morgan fingerprint density at radius 3 is 2.38 bits per heavy atom. The van der Waals surface area contributed by atoms with E-state index in [1.165, 1.54) is 11.1 Å². The maximum absolute atomic E-state index is 6.27. The van der Waals surface area contributed by atoms with Crippen LogP contribution >= 0.6 is 11.6 Å². The summed E-state index contributed by atoms with van der Waals surface area (Å²) in [4.78, 5) is 0. The number of methoxy groups -OCH3 is 1. The lowest BCUT2D eigenvalue weighted by Gasteiger charge is -2.20. The van der Waals surface area contributed by atoms with Crippen LogP contribution in [0.2, 0.25) is 5.02 Å². The monoisotopic (exact) mass is 303 g/mol. The zero-order chi connectivity index (χ0) is 15.2. The number of rotatable bonds is 6. The molecular formula is C18H22ClNO. The van der Waals surface area contributed by atoms with Gasteiger partial charge < -0.3 is 10.1 Å². The van der Waals surface area contributed by atoms with Crippen LogP contribution in [0.25, 0.3) is 0 Å². The second-order valence-electron chi connectivity index (χ2n) is 5.05. The summed E-state index contributed by atoms with van der Waals surface area (Å²) in [6.45, 7) is 4.33. The van der Waals surface area contributed by atoms with Gasteiger partial charge >= 0.3 is 0 Å². The van der Waals surface area contributed by atoms with Gasteiger partial charge in [0.2, 0.25) is 0 Å². The van der Waals surface area contributed by atoms with E-state index >= 15 is 0 Å². The zero-order valence-electron chi connectivity index (χ0n) is 12.8. The molecule has 0 saturated heterocycles. The molecule has 1 unspecified atom stereocenters. The van der Waals surface area contributed by atoms with Gasteiger partial charge in [-0.25, -0.2) is 0 Å². The Balaban J connectivity index is 2.21. The molecule has 1 atom stereocenters. The summed E-state index contributed by atoms with van der Waals surface area (Å²) in [5.41, 5.74) is 3.53. The normalized spacial score (nSPS) is 12.0. The predicted octanol–water partition coefficient (Wildman–Crippen LogP) is 5.47. The first-order chi connectivity index (χ1) is 10.2. The molecule has 0 aliphatic heterocycles. The summed E-state index contributed by atoms with van der Waals surface area (Å²) in [6, 6.07) is 14.6. The standard InChI is InChI=1S/C18H22ClNO/c1-4-13-6-8-14(9-7-13)17(5-2)20-18-12-15(21-3)10-11-16(18)19/h6-12,17,20H,4-5H2,1-3H3. The van der Waals surface area contributed by atoms with E-state index in [0.29, 0.717) is 5.02 Å². The van der Waals surface area contributed by atoms with E-state index in [9.17, 15) is 0 Å². The number of ether oxygens (including phenoxy) is 1. The number of anilines is 1. The van der Waals surface area contributed by atoms with Crippen LogP contribution in [0.5, 0.6) is 5.75 Å². The largest absolute Gasteiger partial charge is 0.497 e. The third kappa shape index (κ3) is 3.92. The third-order valence-corrected chi connectivity index (χ3v) is 4.03. The molecule has 2 aromatic rings.